The highest BCUT2D eigenvalue weighted by molar-refractivity contribution is 5.28. The zero-order valence-electron chi connectivity index (χ0n) is 7.60. The third-order valence-corrected chi connectivity index (χ3v) is 1.89. The van der Waals surface area contributed by atoms with Crippen LogP contribution in [0, 0.1) is 5.82 Å². The fourth-order valence-corrected chi connectivity index (χ4v) is 1.08. The molecule has 0 saturated heterocycles. The van der Waals surface area contributed by atoms with Crippen molar-refractivity contribution in [3.05, 3.63) is 35.1 Å². The molecule has 0 aliphatic carbocycles. The summed E-state index contributed by atoms with van der Waals surface area (Å²) < 4.78 is 73.2. The molecule has 1 aromatic rings. The van der Waals surface area contributed by atoms with Crippen LogP contribution in [0.1, 0.15) is 17.2 Å². The van der Waals surface area contributed by atoms with E-state index in [-0.39, 0.29) is 6.07 Å². The van der Waals surface area contributed by atoms with Gasteiger partial charge in [-0.15, -0.1) is 0 Å². The summed E-state index contributed by atoms with van der Waals surface area (Å²) in [6.07, 6.45) is -10.4. The summed E-state index contributed by atoms with van der Waals surface area (Å²) >= 11 is 0. The predicted octanol–water partition coefficient (Wildman–Crippen LogP) is 3.14. The molecule has 0 aromatic heterocycles. The second-order valence-corrected chi connectivity index (χ2v) is 3.01. The molecule has 0 heterocycles. The first-order valence-electron chi connectivity index (χ1n) is 4.06. The fraction of sp³-hybridized carbons (Fsp3) is 0.333. The Morgan fingerprint density at radius 2 is 1.69 bits per heavy atom. The normalized spacial score (nSPS) is 14.2. The molecular weight excluding hydrogens is 238 g/mol. The standard InChI is InChI=1S/C9H6F6O/c10-6-3-4(9(13,14)15)1-2-5(6)7(16)8(11)12/h1-3,7-8,16H. The number of halogens is 6. The molecule has 7 heteroatoms. The van der Waals surface area contributed by atoms with Crippen LogP contribution in [0.3, 0.4) is 0 Å². The van der Waals surface area contributed by atoms with E-state index in [9.17, 15) is 26.3 Å². The Balaban J connectivity index is 3.10. The lowest BCUT2D eigenvalue weighted by Crippen LogP contribution is -2.12. The molecule has 0 spiro atoms. The van der Waals surface area contributed by atoms with E-state index in [4.69, 9.17) is 5.11 Å². The average Bonchev–Trinajstić information content (AvgIpc) is 2.15. The number of rotatable bonds is 2. The molecule has 1 unspecified atom stereocenters. The number of alkyl halides is 5. The van der Waals surface area contributed by atoms with Crippen molar-refractivity contribution in [2.75, 3.05) is 0 Å². The number of aliphatic hydroxyl groups is 1. The van der Waals surface area contributed by atoms with Crippen LogP contribution in [-0.2, 0) is 6.18 Å². The second kappa shape index (κ2) is 4.32. The molecule has 1 nitrogen and oxygen atoms in total. The van der Waals surface area contributed by atoms with Gasteiger partial charge in [0, 0.05) is 5.56 Å². The van der Waals surface area contributed by atoms with E-state index in [0.29, 0.717) is 12.1 Å². The van der Waals surface area contributed by atoms with E-state index in [0.717, 1.165) is 0 Å². The highest BCUT2D eigenvalue weighted by atomic mass is 19.4. The van der Waals surface area contributed by atoms with Crippen LogP contribution in [0.4, 0.5) is 26.3 Å². The molecule has 0 aliphatic rings. The summed E-state index contributed by atoms with van der Waals surface area (Å²) in [7, 11) is 0. The smallest absolute Gasteiger partial charge is 0.382 e. The van der Waals surface area contributed by atoms with Crippen molar-refractivity contribution in [1.29, 1.82) is 0 Å². The van der Waals surface area contributed by atoms with Gasteiger partial charge in [0.25, 0.3) is 6.43 Å². The van der Waals surface area contributed by atoms with E-state index in [1.165, 1.54) is 0 Å². The molecule has 16 heavy (non-hydrogen) atoms. The van der Waals surface area contributed by atoms with Crippen molar-refractivity contribution < 1.29 is 31.4 Å². The summed E-state index contributed by atoms with van der Waals surface area (Å²) in [6, 6.07) is 1.000. The Labute approximate surface area is 86.3 Å². The molecule has 0 fully saturated rings. The van der Waals surface area contributed by atoms with Gasteiger partial charge in [0.1, 0.15) is 11.9 Å². The van der Waals surface area contributed by atoms with Crippen molar-refractivity contribution in [3.63, 3.8) is 0 Å². The van der Waals surface area contributed by atoms with Gasteiger partial charge in [-0.1, -0.05) is 6.07 Å². The van der Waals surface area contributed by atoms with Gasteiger partial charge in [-0.3, -0.25) is 0 Å². The Bertz CT molecular complexity index is 373. The summed E-state index contributed by atoms with van der Waals surface area (Å²) in [5.74, 6) is -1.51. The largest absolute Gasteiger partial charge is 0.416 e. The van der Waals surface area contributed by atoms with Gasteiger partial charge in [-0.25, -0.2) is 13.2 Å². The molecule has 0 saturated carbocycles. The molecule has 1 rings (SSSR count). The van der Waals surface area contributed by atoms with Gasteiger partial charge in [-0.05, 0) is 12.1 Å². The molecule has 1 atom stereocenters. The van der Waals surface area contributed by atoms with Crippen LogP contribution in [0.2, 0.25) is 0 Å². The number of aliphatic hydroxyl groups excluding tert-OH is 1. The summed E-state index contributed by atoms with van der Waals surface area (Å²) in [4.78, 5) is 0. The molecule has 0 bridgehead atoms. The van der Waals surface area contributed by atoms with Gasteiger partial charge in [-0.2, -0.15) is 13.2 Å². The Hall–Kier alpha value is -1.24. The molecule has 0 amide bonds. The van der Waals surface area contributed by atoms with E-state index in [2.05, 4.69) is 0 Å². The summed E-state index contributed by atoms with van der Waals surface area (Å²) in [5, 5.41) is 8.80. The first-order chi connectivity index (χ1) is 7.23. The third-order valence-electron chi connectivity index (χ3n) is 1.89. The topological polar surface area (TPSA) is 20.2 Å². The molecule has 90 valence electrons. The predicted molar refractivity (Wildman–Crippen MR) is 42.4 cm³/mol. The molecular formula is C9H6F6O. The van der Waals surface area contributed by atoms with E-state index in [1.54, 1.807) is 0 Å². The van der Waals surface area contributed by atoms with Crippen LogP contribution in [-0.4, -0.2) is 11.5 Å². The van der Waals surface area contributed by atoms with Crippen molar-refractivity contribution in [1.82, 2.24) is 0 Å². The van der Waals surface area contributed by atoms with Crippen LogP contribution in [0.5, 0.6) is 0 Å². The lowest BCUT2D eigenvalue weighted by molar-refractivity contribution is -0.137. The lowest BCUT2D eigenvalue weighted by atomic mass is 10.1. The zero-order valence-corrected chi connectivity index (χ0v) is 7.60. The van der Waals surface area contributed by atoms with E-state index >= 15 is 0 Å². The molecule has 1 N–H and O–H groups in total. The van der Waals surface area contributed by atoms with E-state index < -0.39 is 35.6 Å². The minimum Gasteiger partial charge on any atom is -0.382 e. The Morgan fingerprint density at radius 1 is 1.12 bits per heavy atom. The van der Waals surface area contributed by atoms with Gasteiger partial charge < -0.3 is 5.11 Å². The van der Waals surface area contributed by atoms with Crippen LogP contribution < -0.4 is 0 Å². The maximum Gasteiger partial charge on any atom is 0.416 e. The first-order valence-corrected chi connectivity index (χ1v) is 4.06. The highest BCUT2D eigenvalue weighted by Crippen LogP contribution is 2.32. The van der Waals surface area contributed by atoms with Crippen molar-refractivity contribution >= 4 is 0 Å². The second-order valence-electron chi connectivity index (χ2n) is 3.01. The van der Waals surface area contributed by atoms with Crippen LogP contribution >= 0.6 is 0 Å². The number of hydrogen-bond acceptors (Lipinski definition) is 1. The van der Waals surface area contributed by atoms with Gasteiger partial charge >= 0.3 is 6.18 Å². The first kappa shape index (κ1) is 12.8. The monoisotopic (exact) mass is 244 g/mol. The van der Waals surface area contributed by atoms with Gasteiger partial charge in [0.15, 0.2) is 0 Å². The van der Waals surface area contributed by atoms with E-state index in [1.807, 2.05) is 0 Å². The quantitative estimate of drug-likeness (QED) is 0.792. The maximum atomic E-state index is 13.0. The fourth-order valence-electron chi connectivity index (χ4n) is 1.08. The van der Waals surface area contributed by atoms with Crippen molar-refractivity contribution in [2.24, 2.45) is 0 Å². The average molecular weight is 244 g/mol. The Kier molecular flexibility index (Phi) is 3.47. The Morgan fingerprint density at radius 3 is 2.06 bits per heavy atom. The zero-order chi connectivity index (χ0) is 12.5. The van der Waals surface area contributed by atoms with Gasteiger partial charge in [0.05, 0.1) is 5.56 Å². The maximum absolute atomic E-state index is 13.0. The van der Waals surface area contributed by atoms with Crippen LogP contribution in [0.15, 0.2) is 18.2 Å². The van der Waals surface area contributed by atoms with Crippen molar-refractivity contribution in [2.45, 2.75) is 18.7 Å². The minimum atomic E-state index is -4.75. The molecule has 0 aliphatic heterocycles. The molecule has 0 radical (unpaired) electrons. The number of hydrogen-bond donors (Lipinski definition) is 1. The SMILES string of the molecule is OC(c1ccc(C(F)(F)F)cc1F)C(F)F. The summed E-state index contributed by atoms with van der Waals surface area (Å²) in [6.45, 7) is 0. The van der Waals surface area contributed by atoms with Crippen molar-refractivity contribution in [3.8, 4) is 0 Å². The highest BCUT2D eigenvalue weighted by Gasteiger charge is 2.32. The molecule has 1 aromatic carbocycles. The lowest BCUT2D eigenvalue weighted by Gasteiger charge is -2.13. The number of benzene rings is 1. The summed E-state index contributed by atoms with van der Waals surface area (Å²) in [5.41, 5.74) is -2.15. The third kappa shape index (κ3) is 2.66. The van der Waals surface area contributed by atoms with Gasteiger partial charge in [0.2, 0.25) is 0 Å². The van der Waals surface area contributed by atoms with Crippen LogP contribution in [0.25, 0.3) is 0 Å². The minimum absolute atomic E-state index is 0.0704.